The number of hydrogen-bond acceptors (Lipinski definition) is 4. The number of amides is 1. The van der Waals surface area contributed by atoms with E-state index in [-0.39, 0.29) is 23.1 Å². The molecule has 2 fully saturated rings. The number of aliphatic hydroxyl groups is 2. The summed E-state index contributed by atoms with van der Waals surface area (Å²) in [5.41, 5.74) is 0.240. The fraction of sp³-hybridized carbons (Fsp3) is 0.391. The number of nitrogens with zero attached hydrogens (tertiary/aromatic N) is 2. The van der Waals surface area contributed by atoms with E-state index in [0.717, 1.165) is 17.7 Å². The molecule has 6 nitrogen and oxygen atoms in total. The van der Waals surface area contributed by atoms with Crippen molar-refractivity contribution < 1.29 is 28.2 Å². The molecule has 0 bridgehead atoms. The van der Waals surface area contributed by atoms with Crippen LogP contribution in [-0.2, 0) is 17.5 Å². The van der Waals surface area contributed by atoms with Crippen LogP contribution in [0.3, 0.4) is 0 Å². The van der Waals surface area contributed by atoms with E-state index >= 15 is 0 Å². The standard InChI is InChI=1S/C23H24F3N3O3S/c1-28(12-13-6-3-2-4-7-13)21(32)16-11-17(30)20(31)18-19(16)29(22(33)27-18)15-9-5-8-14(10-15)23(24,25)26/h2-10,16-20,30-31H,11-12H2,1H3,(H,27,33). The van der Waals surface area contributed by atoms with E-state index in [2.05, 4.69) is 5.32 Å². The first-order chi connectivity index (χ1) is 15.6. The van der Waals surface area contributed by atoms with Crippen molar-refractivity contribution >= 4 is 28.9 Å². The molecule has 3 N–H and O–H groups in total. The minimum absolute atomic E-state index is 0.0416. The van der Waals surface area contributed by atoms with Crippen molar-refractivity contribution in [2.24, 2.45) is 5.92 Å². The highest BCUT2D eigenvalue weighted by Crippen LogP contribution is 2.39. The number of benzene rings is 2. The number of nitrogens with one attached hydrogen (secondary N) is 1. The second-order valence-electron chi connectivity index (χ2n) is 8.46. The molecule has 1 heterocycles. The first kappa shape index (κ1) is 23.5. The molecule has 10 heteroatoms. The molecule has 1 amide bonds. The smallest absolute Gasteiger partial charge is 0.390 e. The Morgan fingerprint density at radius 3 is 2.55 bits per heavy atom. The molecule has 1 aliphatic carbocycles. The van der Waals surface area contributed by atoms with Crippen molar-refractivity contribution in [3.8, 4) is 0 Å². The van der Waals surface area contributed by atoms with Crippen molar-refractivity contribution in [1.29, 1.82) is 0 Å². The van der Waals surface area contributed by atoms with Crippen LogP contribution in [0.1, 0.15) is 17.5 Å². The molecule has 5 atom stereocenters. The number of hydrogen-bond donors (Lipinski definition) is 3. The molecule has 5 unspecified atom stereocenters. The van der Waals surface area contributed by atoms with Gasteiger partial charge in [0.1, 0.15) is 6.10 Å². The van der Waals surface area contributed by atoms with Crippen LogP contribution in [-0.4, -0.2) is 57.5 Å². The van der Waals surface area contributed by atoms with Crippen LogP contribution in [0, 0.1) is 5.92 Å². The Labute approximate surface area is 194 Å². The highest BCUT2D eigenvalue weighted by Gasteiger charge is 2.54. The molecular formula is C23H24F3N3O3S. The lowest BCUT2D eigenvalue weighted by atomic mass is 9.77. The first-order valence-corrected chi connectivity index (χ1v) is 10.9. The third-order valence-electron chi connectivity index (χ3n) is 6.25. The Balaban J connectivity index is 1.67. The van der Waals surface area contributed by atoms with Crippen LogP contribution in [0.25, 0.3) is 0 Å². The van der Waals surface area contributed by atoms with Crippen molar-refractivity contribution in [2.45, 2.75) is 43.4 Å². The number of rotatable bonds is 4. The fourth-order valence-corrected chi connectivity index (χ4v) is 5.04. The van der Waals surface area contributed by atoms with Crippen molar-refractivity contribution in [3.63, 3.8) is 0 Å². The molecule has 4 rings (SSSR count). The third-order valence-corrected chi connectivity index (χ3v) is 6.57. The zero-order chi connectivity index (χ0) is 23.9. The third kappa shape index (κ3) is 4.55. The van der Waals surface area contributed by atoms with E-state index in [0.29, 0.717) is 6.54 Å². The molecule has 2 aromatic carbocycles. The van der Waals surface area contributed by atoms with E-state index in [1.807, 2.05) is 30.3 Å². The summed E-state index contributed by atoms with van der Waals surface area (Å²) in [6.07, 6.45) is -6.99. The summed E-state index contributed by atoms with van der Waals surface area (Å²) in [5.74, 6) is -1.09. The second kappa shape index (κ2) is 8.92. The van der Waals surface area contributed by atoms with Gasteiger partial charge >= 0.3 is 6.18 Å². The predicted octanol–water partition coefficient (Wildman–Crippen LogP) is 2.54. The second-order valence-corrected chi connectivity index (χ2v) is 8.85. The minimum Gasteiger partial charge on any atom is -0.390 e. The summed E-state index contributed by atoms with van der Waals surface area (Å²) >= 11 is 5.39. The first-order valence-electron chi connectivity index (χ1n) is 10.5. The monoisotopic (exact) mass is 479 g/mol. The Hall–Kier alpha value is -2.69. The summed E-state index contributed by atoms with van der Waals surface area (Å²) < 4.78 is 39.9. The molecule has 0 aromatic heterocycles. The maximum Gasteiger partial charge on any atom is 0.416 e. The molecule has 1 saturated carbocycles. The van der Waals surface area contributed by atoms with Crippen LogP contribution in [0.2, 0.25) is 0 Å². The van der Waals surface area contributed by atoms with Gasteiger partial charge in [-0.2, -0.15) is 13.2 Å². The van der Waals surface area contributed by atoms with E-state index in [1.165, 1.54) is 21.9 Å². The lowest BCUT2D eigenvalue weighted by Crippen LogP contribution is -2.61. The Bertz CT molecular complexity index is 1040. The van der Waals surface area contributed by atoms with Gasteiger partial charge in [-0.25, -0.2) is 0 Å². The topological polar surface area (TPSA) is 76.0 Å². The van der Waals surface area contributed by atoms with Crippen molar-refractivity contribution in [2.75, 3.05) is 11.9 Å². The number of alkyl halides is 3. The number of aliphatic hydroxyl groups excluding tert-OH is 2. The number of thiocarbonyl (C=S) groups is 1. The molecule has 176 valence electrons. The van der Waals surface area contributed by atoms with Crippen LogP contribution < -0.4 is 10.2 Å². The normalized spacial score (nSPS) is 27.2. The average Bonchev–Trinajstić information content (AvgIpc) is 3.13. The van der Waals surface area contributed by atoms with E-state index < -0.39 is 41.9 Å². The van der Waals surface area contributed by atoms with Crippen molar-refractivity contribution in [1.82, 2.24) is 10.2 Å². The van der Waals surface area contributed by atoms with Gasteiger partial charge in [-0.3, -0.25) is 4.79 Å². The fourth-order valence-electron chi connectivity index (χ4n) is 4.68. The zero-order valence-corrected chi connectivity index (χ0v) is 18.6. The molecule has 2 aliphatic rings. The zero-order valence-electron chi connectivity index (χ0n) is 17.7. The highest BCUT2D eigenvalue weighted by molar-refractivity contribution is 7.80. The van der Waals surface area contributed by atoms with E-state index in [9.17, 15) is 28.2 Å². The lowest BCUT2D eigenvalue weighted by Gasteiger charge is -2.42. The van der Waals surface area contributed by atoms with Gasteiger partial charge in [0.15, 0.2) is 5.11 Å². The average molecular weight is 480 g/mol. The van der Waals surface area contributed by atoms with Crippen LogP contribution in [0.5, 0.6) is 0 Å². The summed E-state index contributed by atoms with van der Waals surface area (Å²) in [6, 6.07) is 12.5. The molecule has 33 heavy (non-hydrogen) atoms. The number of fused-ring (bicyclic) bond motifs is 1. The maximum absolute atomic E-state index is 13.5. The Morgan fingerprint density at radius 2 is 1.88 bits per heavy atom. The van der Waals surface area contributed by atoms with Gasteiger partial charge in [0, 0.05) is 19.3 Å². The number of carbonyl (C=O) groups excluding carboxylic acids is 1. The molecule has 0 spiro atoms. The molecule has 0 radical (unpaired) electrons. The number of anilines is 1. The van der Waals surface area contributed by atoms with Gasteiger partial charge < -0.3 is 25.3 Å². The Morgan fingerprint density at radius 1 is 1.18 bits per heavy atom. The van der Waals surface area contributed by atoms with Gasteiger partial charge in [-0.15, -0.1) is 0 Å². The summed E-state index contributed by atoms with van der Waals surface area (Å²) in [4.78, 5) is 16.4. The summed E-state index contributed by atoms with van der Waals surface area (Å²) in [5, 5.41) is 24.0. The van der Waals surface area contributed by atoms with Crippen LogP contribution in [0.4, 0.5) is 18.9 Å². The minimum atomic E-state index is -4.54. The molecule has 1 aliphatic heterocycles. The van der Waals surface area contributed by atoms with E-state index in [1.54, 1.807) is 7.05 Å². The van der Waals surface area contributed by atoms with Gasteiger partial charge in [0.25, 0.3) is 0 Å². The SMILES string of the molecule is CN(Cc1ccccc1)C(=O)C1CC(O)C(O)C2NC(=S)N(c3cccc(C(F)(F)F)c3)C12. The molecule has 2 aromatic rings. The van der Waals surface area contributed by atoms with Gasteiger partial charge in [0.05, 0.1) is 29.7 Å². The van der Waals surface area contributed by atoms with E-state index in [4.69, 9.17) is 12.2 Å². The van der Waals surface area contributed by atoms with Crippen molar-refractivity contribution in [3.05, 3.63) is 65.7 Å². The maximum atomic E-state index is 13.5. The largest absolute Gasteiger partial charge is 0.416 e. The summed E-state index contributed by atoms with van der Waals surface area (Å²) in [7, 11) is 1.64. The Kier molecular flexibility index (Phi) is 6.35. The summed E-state index contributed by atoms with van der Waals surface area (Å²) in [6.45, 7) is 0.327. The van der Waals surface area contributed by atoms with Gasteiger partial charge in [-0.05, 0) is 42.4 Å². The lowest BCUT2D eigenvalue weighted by molar-refractivity contribution is -0.141. The predicted molar refractivity (Wildman–Crippen MR) is 120 cm³/mol. The van der Waals surface area contributed by atoms with Crippen LogP contribution >= 0.6 is 12.2 Å². The highest BCUT2D eigenvalue weighted by atomic mass is 32.1. The molecular weight excluding hydrogens is 455 g/mol. The number of carbonyl (C=O) groups is 1. The number of halogens is 3. The van der Waals surface area contributed by atoms with Gasteiger partial charge in [-0.1, -0.05) is 36.4 Å². The van der Waals surface area contributed by atoms with Gasteiger partial charge in [0.2, 0.25) is 5.91 Å². The van der Waals surface area contributed by atoms with Crippen LogP contribution in [0.15, 0.2) is 54.6 Å². The quantitative estimate of drug-likeness (QED) is 0.586. The molecule has 1 saturated heterocycles.